The van der Waals surface area contributed by atoms with Crippen molar-refractivity contribution in [2.75, 3.05) is 5.32 Å². The molecule has 0 aliphatic heterocycles. The molecule has 0 bridgehead atoms. The zero-order valence-electron chi connectivity index (χ0n) is 10.8. The molecule has 0 fully saturated rings. The third-order valence-electron chi connectivity index (χ3n) is 2.16. The van der Waals surface area contributed by atoms with Crippen molar-refractivity contribution in [3.63, 3.8) is 0 Å². The zero-order valence-corrected chi connectivity index (χ0v) is 12.4. The highest BCUT2D eigenvalue weighted by Gasteiger charge is 2.25. The van der Waals surface area contributed by atoms with Crippen LogP contribution in [-0.2, 0) is 0 Å². The molecule has 0 radical (unpaired) electrons. The summed E-state index contributed by atoms with van der Waals surface area (Å²) in [5, 5.41) is 3.52. The predicted molar refractivity (Wildman–Crippen MR) is 73.7 cm³/mol. The topological polar surface area (TPSA) is 24.9 Å². The summed E-state index contributed by atoms with van der Waals surface area (Å²) in [4.78, 5) is 4.16. The van der Waals surface area contributed by atoms with E-state index in [1.54, 1.807) is 6.20 Å². The van der Waals surface area contributed by atoms with Crippen LogP contribution in [0.1, 0.15) is 41.0 Å². The molecule has 1 aromatic heterocycles. The van der Waals surface area contributed by atoms with Gasteiger partial charge in [-0.25, -0.2) is 0 Å². The van der Waals surface area contributed by atoms with Gasteiger partial charge in [0.15, 0.2) is 0 Å². The Labute approximate surface area is 107 Å². The third-order valence-corrected chi connectivity index (χ3v) is 2.59. The smallest absolute Gasteiger partial charge is 0.0542 e. The van der Waals surface area contributed by atoms with Crippen LogP contribution in [0.15, 0.2) is 22.9 Å². The second-order valence-electron chi connectivity index (χ2n) is 6.14. The molecule has 1 rings (SSSR count). The first-order chi connectivity index (χ1) is 7.18. The number of hydrogen-bond donors (Lipinski definition) is 1. The Morgan fingerprint density at radius 2 is 1.81 bits per heavy atom. The normalized spacial score (nSPS) is 12.6. The Hall–Kier alpha value is -0.570. The molecule has 1 aromatic rings. The van der Waals surface area contributed by atoms with Crippen molar-refractivity contribution in [1.29, 1.82) is 0 Å². The molecule has 0 atom stereocenters. The molecule has 16 heavy (non-hydrogen) atoms. The van der Waals surface area contributed by atoms with Gasteiger partial charge >= 0.3 is 0 Å². The Morgan fingerprint density at radius 1 is 1.19 bits per heavy atom. The molecule has 90 valence electrons. The molecule has 0 spiro atoms. The van der Waals surface area contributed by atoms with Crippen molar-refractivity contribution >= 4 is 21.6 Å². The molecule has 0 aliphatic rings. The van der Waals surface area contributed by atoms with Gasteiger partial charge < -0.3 is 5.32 Å². The maximum atomic E-state index is 4.16. The quantitative estimate of drug-likeness (QED) is 0.886. The van der Waals surface area contributed by atoms with Crippen LogP contribution in [0.5, 0.6) is 0 Å². The average Bonchev–Trinajstić information content (AvgIpc) is 1.96. The van der Waals surface area contributed by atoms with E-state index in [2.05, 4.69) is 66.9 Å². The highest BCUT2D eigenvalue weighted by Crippen LogP contribution is 2.29. The first-order valence-electron chi connectivity index (χ1n) is 5.57. The van der Waals surface area contributed by atoms with Crippen LogP contribution in [0.4, 0.5) is 5.69 Å². The second kappa shape index (κ2) is 4.74. The van der Waals surface area contributed by atoms with Gasteiger partial charge in [0, 0.05) is 16.2 Å². The van der Waals surface area contributed by atoms with Gasteiger partial charge in [0.2, 0.25) is 0 Å². The molecule has 0 amide bonds. The van der Waals surface area contributed by atoms with Crippen LogP contribution in [0, 0.1) is 5.41 Å². The summed E-state index contributed by atoms with van der Waals surface area (Å²) >= 11 is 3.43. The van der Waals surface area contributed by atoms with Gasteiger partial charge in [0.25, 0.3) is 0 Å². The van der Waals surface area contributed by atoms with Gasteiger partial charge in [0.05, 0.1) is 11.9 Å². The lowest BCUT2D eigenvalue weighted by atomic mass is 9.82. The fourth-order valence-electron chi connectivity index (χ4n) is 2.24. The van der Waals surface area contributed by atoms with Crippen LogP contribution < -0.4 is 5.32 Å². The summed E-state index contributed by atoms with van der Waals surface area (Å²) in [5.74, 6) is 0. The van der Waals surface area contributed by atoms with Gasteiger partial charge in [-0.1, -0.05) is 20.8 Å². The molecule has 1 heterocycles. The third kappa shape index (κ3) is 4.97. The van der Waals surface area contributed by atoms with E-state index in [9.17, 15) is 0 Å². The molecule has 2 nitrogen and oxygen atoms in total. The van der Waals surface area contributed by atoms with Gasteiger partial charge in [-0.2, -0.15) is 0 Å². The van der Waals surface area contributed by atoms with Crippen molar-refractivity contribution in [2.24, 2.45) is 5.41 Å². The number of nitrogens with zero attached hydrogens (tertiary/aromatic N) is 1. The van der Waals surface area contributed by atoms with Crippen molar-refractivity contribution < 1.29 is 0 Å². The van der Waals surface area contributed by atoms with Crippen LogP contribution in [-0.4, -0.2) is 10.5 Å². The van der Waals surface area contributed by atoms with Crippen LogP contribution >= 0.6 is 15.9 Å². The van der Waals surface area contributed by atoms with Crippen molar-refractivity contribution in [3.8, 4) is 0 Å². The van der Waals surface area contributed by atoms with Crippen LogP contribution in [0.25, 0.3) is 0 Å². The van der Waals surface area contributed by atoms with Crippen LogP contribution in [0.3, 0.4) is 0 Å². The predicted octanol–water partition coefficient (Wildman–Crippen LogP) is 4.47. The molecular formula is C13H21BrN2. The Kier molecular flexibility index (Phi) is 4.00. The Balaban J connectivity index is 2.72. The maximum Gasteiger partial charge on any atom is 0.0542 e. The van der Waals surface area contributed by atoms with E-state index in [1.165, 1.54) is 0 Å². The molecule has 0 unspecified atom stereocenters. The van der Waals surface area contributed by atoms with Gasteiger partial charge in [-0.15, -0.1) is 0 Å². The van der Waals surface area contributed by atoms with Gasteiger partial charge in [-0.3, -0.25) is 4.98 Å². The number of pyridine rings is 1. The van der Waals surface area contributed by atoms with Gasteiger partial charge in [-0.05, 0) is 47.7 Å². The summed E-state index contributed by atoms with van der Waals surface area (Å²) in [5.41, 5.74) is 1.44. The Bertz CT molecular complexity index is 353. The molecule has 0 saturated carbocycles. The largest absolute Gasteiger partial charge is 0.379 e. The molecule has 3 heteroatoms. The second-order valence-corrected chi connectivity index (χ2v) is 7.05. The lowest BCUT2D eigenvalue weighted by Gasteiger charge is -2.34. The maximum absolute atomic E-state index is 4.16. The standard InChI is InChI=1S/C13H21BrN2/c1-12(2,3)9-13(4,5)16-11-6-10(14)7-15-8-11/h6-8,16H,9H2,1-5H3. The van der Waals surface area contributed by atoms with Crippen molar-refractivity contribution in [1.82, 2.24) is 4.98 Å². The molecule has 0 saturated heterocycles. The number of rotatable bonds is 3. The Morgan fingerprint density at radius 3 is 2.31 bits per heavy atom. The minimum Gasteiger partial charge on any atom is -0.379 e. The summed E-state index contributed by atoms with van der Waals surface area (Å²) < 4.78 is 1.00. The van der Waals surface area contributed by atoms with E-state index < -0.39 is 0 Å². The minimum atomic E-state index is 0.0702. The van der Waals surface area contributed by atoms with E-state index in [0.717, 1.165) is 16.6 Å². The molecule has 0 aliphatic carbocycles. The number of anilines is 1. The summed E-state index contributed by atoms with van der Waals surface area (Å²) in [6, 6.07) is 2.05. The monoisotopic (exact) mass is 284 g/mol. The lowest BCUT2D eigenvalue weighted by Crippen LogP contribution is -2.35. The number of hydrogen-bond acceptors (Lipinski definition) is 2. The van der Waals surface area contributed by atoms with E-state index in [-0.39, 0.29) is 5.54 Å². The SMILES string of the molecule is CC(C)(C)CC(C)(C)Nc1cncc(Br)c1. The fraction of sp³-hybridized carbons (Fsp3) is 0.615. The van der Waals surface area contributed by atoms with E-state index in [1.807, 2.05) is 6.20 Å². The molecular weight excluding hydrogens is 264 g/mol. The number of nitrogens with one attached hydrogen (secondary N) is 1. The van der Waals surface area contributed by atoms with Gasteiger partial charge in [0.1, 0.15) is 0 Å². The highest BCUT2D eigenvalue weighted by molar-refractivity contribution is 9.10. The molecule has 0 aromatic carbocycles. The van der Waals surface area contributed by atoms with E-state index >= 15 is 0 Å². The first-order valence-corrected chi connectivity index (χ1v) is 6.36. The number of halogens is 1. The first kappa shape index (κ1) is 13.5. The average molecular weight is 285 g/mol. The van der Waals surface area contributed by atoms with Crippen LogP contribution in [0.2, 0.25) is 0 Å². The summed E-state index contributed by atoms with van der Waals surface area (Å²) in [6.45, 7) is 11.2. The zero-order chi connectivity index (χ0) is 12.4. The fourth-order valence-corrected chi connectivity index (χ4v) is 2.61. The lowest BCUT2D eigenvalue weighted by molar-refractivity contribution is 0.302. The molecule has 1 N–H and O–H groups in total. The summed E-state index contributed by atoms with van der Waals surface area (Å²) in [7, 11) is 0. The summed E-state index contributed by atoms with van der Waals surface area (Å²) in [6.07, 6.45) is 4.75. The minimum absolute atomic E-state index is 0.0702. The number of aromatic nitrogens is 1. The van der Waals surface area contributed by atoms with Crippen molar-refractivity contribution in [2.45, 2.75) is 46.6 Å². The van der Waals surface area contributed by atoms with Crippen molar-refractivity contribution in [3.05, 3.63) is 22.9 Å². The van der Waals surface area contributed by atoms with E-state index in [4.69, 9.17) is 0 Å². The highest BCUT2D eigenvalue weighted by atomic mass is 79.9. The van der Waals surface area contributed by atoms with E-state index in [0.29, 0.717) is 5.41 Å².